The molecule has 0 bridgehead atoms. The van der Waals surface area contributed by atoms with Crippen molar-refractivity contribution < 1.29 is 0 Å². The average molecular weight is 198 g/mol. The van der Waals surface area contributed by atoms with E-state index in [4.69, 9.17) is 0 Å². The zero-order chi connectivity index (χ0) is 10.8. The molecule has 0 atom stereocenters. The maximum atomic E-state index is 4.13. The Hall–Kier alpha value is -1.30. The number of hydrogen-bond acceptors (Lipinski definition) is 0. The number of rotatable bonds is 2. The van der Waals surface area contributed by atoms with E-state index >= 15 is 0 Å². The van der Waals surface area contributed by atoms with Crippen LogP contribution in [0.15, 0.2) is 31.4 Å². The Morgan fingerprint density at radius 1 is 1.33 bits per heavy atom. The van der Waals surface area contributed by atoms with Crippen molar-refractivity contribution in [3.8, 4) is 0 Å². The quantitative estimate of drug-likeness (QED) is 0.658. The third-order valence-corrected chi connectivity index (χ3v) is 3.25. The number of hydrogen-bond donors (Lipinski definition) is 0. The highest BCUT2D eigenvalue weighted by Gasteiger charge is 2.12. The molecule has 0 N–H and O–H groups in total. The van der Waals surface area contributed by atoms with Gasteiger partial charge >= 0.3 is 0 Å². The first-order valence-corrected chi connectivity index (χ1v) is 5.71. The molecule has 1 aliphatic carbocycles. The number of allylic oxidation sites excluding steroid dienone is 2. The van der Waals surface area contributed by atoms with Gasteiger partial charge in [-0.1, -0.05) is 38.3 Å². The van der Waals surface area contributed by atoms with Crippen molar-refractivity contribution in [1.82, 2.24) is 0 Å². The van der Waals surface area contributed by atoms with Crippen molar-refractivity contribution >= 4 is 11.1 Å². The topological polar surface area (TPSA) is 0 Å². The summed E-state index contributed by atoms with van der Waals surface area (Å²) in [5.74, 6) is 0. The summed E-state index contributed by atoms with van der Waals surface area (Å²) < 4.78 is 0. The molecule has 78 valence electrons. The predicted octanol–water partition coefficient (Wildman–Crippen LogP) is 4.46. The molecule has 0 radical (unpaired) electrons. The Bertz CT molecular complexity index is 410. The molecule has 15 heavy (non-hydrogen) atoms. The lowest BCUT2D eigenvalue weighted by molar-refractivity contribution is 0.823. The number of benzene rings is 1. The van der Waals surface area contributed by atoms with Crippen LogP contribution in [0.2, 0.25) is 0 Å². The molecular weight excluding hydrogens is 180 g/mol. The van der Waals surface area contributed by atoms with E-state index in [1.165, 1.54) is 40.7 Å². The Morgan fingerprint density at radius 3 is 2.87 bits per heavy atom. The third kappa shape index (κ3) is 1.90. The standard InChI is InChI=1S/C15H18/c1-4-11(2)13-8-9-15-12(3)6-5-7-14(15)10-13/h8-10H,2-7H2,1H3. The molecule has 0 heteroatoms. The Kier molecular flexibility index (Phi) is 2.77. The van der Waals surface area contributed by atoms with Crippen LogP contribution in [0.4, 0.5) is 0 Å². The van der Waals surface area contributed by atoms with Crippen LogP contribution in [-0.4, -0.2) is 0 Å². The fourth-order valence-electron chi connectivity index (χ4n) is 2.20. The zero-order valence-corrected chi connectivity index (χ0v) is 9.47. The molecule has 0 nitrogen and oxygen atoms in total. The maximum absolute atomic E-state index is 4.13. The first kappa shape index (κ1) is 10.2. The van der Waals surface area contributed by atoms with Gasteiger partial charge in [0, 0.05) is 0 Å². The van der Waals surface area contributed by atoms with Gasteiger partial charge in [0.15, 0.2) is 0 Å². The second kappa shape index (κ2) is 4.06. The maximum Gasteiger partial charge on any atom is -0.0198 e. The first-order valence-electron chi connectivity index (χ1n) is 5.71. The van der Waals surface area contributed by atoms with E-state index < -0.39 is 0 Å². The van der Waals surface area contributed by atoms with Gasteiger partial charge in [0.05, 0.1) is 0 Å². The average Bonchev–Trinajstić information content (AvgIpc) is 2.28. The Labute approximate surface area is 92.3 Å². The van der Waals surface area contributed by atoms with Crippen LogP contribution in [0, 0.1) is 0 Å². The van der Waals surface area contributed by atoms with Crippen LogP contribution in [0.1, 0.15) is 42.9 Å². The molecule has 0 aromatic heterocycles. The van der Waals surface area contributed by atoms with Gasteiger partial charge in [-0.05, 0) is 53.5 Å². The van der Waals surface area contributed by atoms with Gasteiger partial charge in [0.25, 0.3) is 0 Å². The van der Waals surface area contributed by atoms with Crippen LogP contribution in [0.5, 0.6) is 0 Å². The number of fused-ring (bicyclic) bond motifs is 1. The van der Waals surface area contributed by atoms with Crippen LogP contribution >= 0.6 is 0 Å². The third-order valence-electron chi connectivity index (χ3n) is 3.25. The van der Waals surface area contributed by atoms with Gasteiger partial charge in [-0.15, -0.1) is 0 Å². The normalized spacial score (nSPS) is 14.9. The molecule has 1 aromatic rings. The SMILES string of the molecule is C=C(CC)c1ccc2c(c1)CCCC2=C. The van der Waals surface area contributed by atoms with Gasteiger partial charge in [-0.2, -0.15) is 0 Å². The summed E-state index contributed by atoms with van der Waals surface area (Å²) in [4.78, 5) is 0. The van der Waals surface area contributed by atoms with E-state index in [0.29, 0.717) is 0 Å². The summed E-state index contributed by atoms with van der Waals surface area (Å²) in [6.45, 7) is 10.4. The van der Waals surface area contributed by atoms with E-state index in [2.05, 4.69) is 38.3 Å². The lowest BCUT2D eigenvalue weighted by Crippen LogP contribution is -2.01. The molecule has 0 fully saturated rings. The van der Waals surface area contributed by atoms with Crippen LogP contribution in [0.25, 0.3) is 11.1 Å². The highest BCUT2D eigenvalue weighted by atomic mass is 14.2. The van der Waals surface area contributed by atoms with Crippen LogP contribution in [-0.2, 0) is 6.42 Å². The molecule has 0 spiro atoms. The van der Waals surface area contributed by atoms with E-state index in [1.807, 2.05) is 0 Å². The minimum atomic E-state index is 1.03. The summed E-state index contributed by atoms with van der Waals surface area (Å²) in [7, 11) is 0. The molecule has 0 unspecified atom stereocenters. The van der Waals surface area contributed by atoms with Crippen molar-refractivity contribution in [2.45, 2.75) is 32.6 Å². The first-order chi connectivity index (χ1) is 7.22. The van der Waals surface area contributed by atoms with Crippen molar-refractivity contribution in [2.75, 3.05) is 0 Å². The molecule has 0 saturated heterocycles. The second-order valence-electron chi connectivity index (χ2n) is 4.29. The highest BCUT2D eigenvalue weighted by Crippen LogP contribution is 2.31. The van der Waals surface area contributed by atoms with E-state index in [0.717, 1.165) is 12.8 Å². The lowest BCUT2D eigenvalue weighted by Gasteiger charge is -2.19. The molecule has 0 heterocycles. The summed E-state index contributed by atoms with van der Waals surface area (Å²) in [5.41, 5.74) is 6.65. The summed E-state index contributed by atoms with van der Waals surface area (Å²) >= 11 is 0. The molecule has 1 aliphatic rings. The minimum absolute atomic E-state index is 1.03. The number of aryl methyl sites for hydroxylation is 1. The van der Waals surface area contributed by atoms with Crippen LogP contribution < -0.4 is 0 Å². The Morgan fingerprint density at radius 2 is 2.13 bits per heavy atom. The summed E-state index contributed by atoms with van der Waals surface area (Å²) in [6, 6.07) is 6.69. The second-order valence-corrected chi connectivity index (χ2v) is 4.29. The zero-order valence-electron chi connectivity index (χ0n) is 9.47. The molecule has 1 aromatic carbocycles. The lowest BCUT2D eigenvalue weighted by atomic mass is 9.86. The van der Waals surface area contributed by atoms with Gasteiger partial charge in [-0.3, -0.25) is 0 Å². The molecular formula is C15H18. The molecule has 0 aliphatic heterocycles. The van der Waals surface area contributed by atoms with Gasteiger partial charge in [0.2, 0.25) is 0 Å². The van der Waals surface area contributed by atoms with E-state index in [9.17, 15) is 0 Å². The Balaban J connectivity index is 2.41. The summed E-state index contributed by atoms with van der Waals surface area (Å²) in [6.07, 6.45) is 4.62. The van der Waals surface area contributed by atoms with Gasteiger partial charge < -0.3 is 0 Å². The van der Waals surface area contributed by atoms with Crippen molar-refractivity contribution in [3.05, 3.63) is 48.0 Å². The van der Waals surface area contributed by atoms with Crippen LogP contribution in [0.3, 0.4) is 0 Å². The van der Waals surface area contributed by atoms with Crippen molar-refractivity contribution in [1.29, 1.82) is 0 Å². The fourth-order valence-corrected chi connectivity index (χ4v) is 2.20. The monoisotopic (exact) mass is 198 g/mol. The largest absolute Gasteiger partial charge is 0.0952 e. The molecule has 2 rings (SSSR count). The predicted molar refractivity (Wildman–Crippen MR) is 67.7 cm³/mol. The van der Waals surface area contributed by atoms with Crippen molar-refractivity contribution in [2.24, 2.45) is 0 Å². The molecule has 0 amide bonds. The summed E-state index contributed by atoms with van der Waals surface area (Å²) in [5, 5.41) is 0. The van der Waals surface area contributed by atoms with E-state index in [-0.39, 0.29) is 0 Å². The highest BCUT2D eigenvalue weighted by molar-refractivity contribution is 5.72. The molecule has 0 saturated carbocycles. The van der Waals surface area contributed by atoms with Crippen molar-refractivity contribution in [3.63, 3.8) is 0 Å². The van der Waals surface area contributed by atoms with E-state index in [1.54, 1.807) is 0 Å². The fraction of sp³-hybridized carbons (Fsp3) is 0.333. The minimum Gasteiger partial charge on any atom is -0.0952 e. The smallest absolute Gasteiger partial charge is 0.0198 e. The van der Waals surface area contributed by atoms with Gasteiger partial charge in [-0.25, -0.2) is 0 Å². The van der Waals surface area contributed by atoms with Gasteiger partial charge in [0.1, 0.15) is 0 Å².